The molecule has 4 heteroatoms. The molecule has 0 aliphatic rings. The summed E-state index contributed by atoms with van der Waals surface area (Å²) in [6.07, 6.45) is 0.943. The summed E-state index contributed by atoms with van der Waals surface area (Å²) in [6, 6.07) is 6.19. The number of methoxy groups -OCH3 is 1. The van der Waals surface area contributed by atoms with E-state index in [4.69, 9.17) is 9.16 Å². The minimum atomic E-state index is -1.90. The number of aryl methyl sites for hydroxylation is 1. The van der Waals surface area contributed by atoms with Crippen LogP contribution < -0.4 is 9.16 Å². The molecule has 122 valence electrons. The first-order chi connectivity index (χ1) is 10.1. The molecular formula is C18H29NO2Si. The molecule has 0 amide bonds. The van der Waals surface area contributed by atoms with E-state index < -0.39 is 8.32 Å². The number of ether oxygens (including phenoxy) is 1. The Kier molecular flexibility index (Phi) is 4.35. The lowest BCUT2D eigenvalue weighted by molar-refractivity contribution is 0.417. The highest BCUT2D eigenvalue weighted by Gasteiger charge is 2.40. The Hall–Kier alpha value is -1.42. The molecule has 0 atom stereocenters. The van der Waals surface area contributed by atoms with Gasteiger partial charge in [0.15, 0.2) is 0 Å². The maximum absolute atomic E-state index is 6.70. The Labute approximate surface area is 135 Å². The van der Waals surface area contributed by atoms with Gasteiger partial charge < -0.3 is 13.7 Å². The van der Waals surface area contributed by atoms with E-state index in [9.17, 15) is 0 Å². The monoisotopic (exact) mass is 319 g/mol. The van der Waals surface area contributed by atoms with E-state index in [1.165, 1.54) is 11.2 Å². The van der Waals surface area contributed by atoms with Crippen molar-refractivity contribution in [3.05, 3.63) is 23.9 Å². The maximum Gasteiger partial charge on any atom is 0.250 e. The molecule has 0 saturated heterocycles. The zero-order valence-corrected chi connectivity index (χ0v) is 16.2. The lowest BCUT2D eigenvalue weighted by Gasteiger charge is -2.36. The number of hydrogen-bond acceptors (Lipinski definition) is 2. The van der Waals surface area contributed by atoms with Crippen LogP contribution in [0.2, 0.25) is 18.1 Å². The summed E-state index contributed by atoms with van der Waals surface area (Å²) < 4.78 is 14.5. The number of fused-ring (bicyclic) bond motifs is 1. The second-order valence-corrected chi connectivity index (χ2v) is 12.1. The smallest absolute Gasteiger partial charge is 0.250 e. The molecule has 22 heavy (non-hydrogen) atoms. The summed E-state index contributed by atoms with van der Waals surface area (Å²) in [5, 5.41) is 1.27. The van der Waals surface area contributed by atoms with Crippen molar-refractivity contribution in [3.8, 4) is 11.5 Å². The largest absolute Gasteiger partial charge is 0.542 e. The first kappa shape index (κ1) is 16.9. The van der Waals surface area contributed by atoms with Gasteiger partial charge in [-0.15, -0.1) is 0 Å². The second kappa shape index (κ2) is 5.65. The van der Waals surface area contributed by atoms with E-state index >= 15 is 0 Å². The lowest BCUT2D eigenvalue weighted by atomic mass is 10.2. The number of benzene rings is 1. The van der Waals surface area contributed by atoms with Crippen LogP contribution in [0, 0.1) is 0 Å². The van der Waals surface area contributed by atoms with Crippen LogP contribution in [0.1, 0.15) is 33.4 Å². The highest BCUT2D eigenvalue weighted by atomic mass is 28.4. The van der Waals surface area contributed by atoms with Crippen LogP contribution in [0.5, 0.6) is 11.5 Å². The summed E-state index contributed by atoms with van der Waals surface area (Å²) >= 11 is 0. The zero-order valence-electron chi connectivity index (χ0n) is 15.2. The SMILES string of the molecule is CCc1c(O[Si](C)(C)C(C)(C)C)c2c(OC)cccc2n1C. The molecule has 0 unspecified atom stereocenters. The van der Waals surface area contributed by atoms with Crippen molar-refractivity contribution in [3.63, 3.8) is 0 Å². The average molecular weight is 320 g/mol. The van der Waals surface area contributed by atoms with Gasteiger partial charge in [-0.3, -0.25) is 0 Å². The number of nitrogens with zero attached hydrogens (tertiary/aromatic N) is 1. The van der Waals surface area contributed by atoms with Crippen LogP contribution in [-0.2, 0) is 13.5 Å². The van der Waals surface area contributed by atoms with Gasteiger partial charge in [0.1, 0.15) is 11.5 Å². The second-order valence-electron chi connectivity index (χ2n) is 7.41. The van der Waals surface area contributed by atoms with Crippen LogP contribution in [-0.4, -0.2) is 20.0 Å². The Morgan fingerprint density at radius 3 is 2.32 bits per heavy atom. The molecule has 0 aliphatic heterocycles. The van der Waals surface area contributed by atoms with Crippen molar-refractivity contribution in [1.82, 2.24) is 4.57 Å². The van der Waals surface area contributed by atoms with Gasteiger partial charge >= 0.3 is 0 Å². The van der Waals surface area contributed by atoms with Gasteiger partial charge in [-0.1, -0.05) is 33.8 Å². The van der Waals surface area contributed by atoms with E-state index in [-0.39, 0.29) is 5.04 Å². The summed E-state index contributed by atoms with van der Waals surface area (Å²) in [6.45, 7) is 13.6. The van der Waals surface area contributed by atoms with Gasteiger partial charge in [-0.05, 0) is 36.7 Å². The van der Waals surface area contributed by atoms with Crippen molar-refractivity contribution in [2.24, 2.45) is 7.05 Å². The molecule has 0 aliphatic carbocycles. The first-order valence-corrected chi connectivity index (χ1v) is 10.9. The molecule has 0 fully saturated rings. The van der Waals surface area contributed by atoms with E-state index in [0.29, 0.717) is 0 Å². The van der Waals surface area contributed by atoms with Gasteiger partial charge in [-0.2, -0.15) is 0 Å². The van der Waals surface area contributed by atoms with E-state index in [2.05, 4.69) is 58.5 Å². The molecule has 1 aromatic carbocycles. The Morgan fingerprint density at radius 2 is 1.82 bits per heavy atom. The fourth-order valence-corrected chi connectivity index (χ4v) is 3.59. The van der Waals surface area contributed by atoms with Crippen LogP contribution in [0.3, 0.4) is 0 Å². The predicted molar refractivity (Wildman–Crippen MR) is 96.7 cm³/mol. The van der Waals surface area contributed by atoms with Gasteiger partial charge in [0.25, 0.3) is 8.32 Å². The fourth-order valence-electron chi connectivity index (χ4n) is 2.56. The molecule has 1 aromatic heterocycles. The standard InChI is InChI=1S/C18H29NO2Si/c1-9-13-17(21-22(7,8)18(2,3)4)16-14(19(13)5)11-10-12-15(16)20-6/h10-12H,9H2,1-8H3. The molecule has 0 radical (unpaired) electrons. The van der Waals surface area contributed by atoms with Crippen molar-refractivity contribution < 1.29 is 9.16 Å². The highest BCUT2D eigenvalue weighted by Crippen LogP contribution is 2.44. The van der Waals surface area contributed by atoms with Crippen molar-refractivity contribution in [1.29, 1.82) is 0 Å². The predicted octanol–water partition coefficient (Wildman–Crippen LogP) is 5.13. The van der Waals surface area contributed by atoms with E-state index in [1.807, 2.05) is 12.1 Å². The van der Waals surface area contributed by atoms with Gasteiger partial charge in [0, 0.05) is 7.05 Å². The molecule has 1 heterocycles. The third-order valence-electron chi connectivity index (χ3n) is 4.98. The van der Waals surface area contributed by atoms with Crippen molar-refractivity contribution in [2.45, 2.75) is 52.2 Å². The number of rotatable bonds is 4. The van der Waals surface area contributed by atoms with Gasteiger partial charge in [-0.25, -0.2) is 0 Å². The number of hydrogen-bond donors (Lipinski definition) is 0. The number of aromatic nitrogens is 1. The molecule has 0 spiro atoms. The average Bonchev–Trinajstić information content (AvgIpc) is 2.69. The minimum Gasteiger partial charge on any atom is -0.542 e. The van der Waals surface area contributed by atoms with E-state index in [1.54, 1.807) is 7.11 Å². The minimum absolute atomic E-state index is 0.169. The van der Waals surface area contributed by atoms with Gasteiger partial charge in [0.2, 0.25) is 0 Å². The first-order valence-electron chi connectivity index (χ1n) is 7.97. The summed E-state index contributed by atoms with van der Waals surface area (Å²) in [7, 11) is 1.93. The molecular weight excluding hydrogens is 290 g/mol. The van der Waals surface area contributed by atoms with E-state index in [0.717, 1.165) is 23.3 Å². The fraction of sp³-hybridized carbons (Fsp3) is 0.556. The summed E-state index contributed by atoms with van der Waals surface area (Å²) in [5.74, 6) is 1.91. The summed E-state index contributed by atoms with van der Waals surface area (Å²) in [4.78, 5) is 0. The third kappa shape index (κ3) is 2.65. The molecule has 0 saturated carbocycles. The third-order valence-corrected chi connectivity index (χ3v) is 9.30. The van der Waals surface area contributed by atoms with Crippen LogP contribution in [0.15, 0.2) is 18.2 Å². The lowest BCUT2D eigenvalue weighted by Crippen LogP contribution is -2.44. The molecule has 0 N–H and O–H groups in total. The quantitative estimate of drug-likeness (QED) is 0.729. The molecule has 2 aromatic rings. The molecule has 2 rings (SSSR count). The van der Waals surface area contributed by atoms with Crippen LogP contribution in [0.25, 0.3) is 10.9 Å². The maximum atomic E-state index is 6.70. The highest BCUT2D eigenvalue weighted by molar-refractivity contribution is 6.74. The van der Waals surface area contributed by atoms with Crippen LogP contribution in [0.4, 0.5) is 0 Å². The topological polar surface area (TPSA) is 23.4 Å². The normalized spacial score (nSPS) is 12.7. The molecule has 3 nitrogen and oxygen atoms in total. The van der Waals surface area contributed by atoms with Crippen molar-refractivity contribution >= 4 is 19.2 Å². The van der Waals surface area contributed by atoms with Gasteiger partial charge in [0.05, 0.1) is 23.7 Å². The Bertz CT molecular complexity index is 680. The summed E-state index contributed by atoms with van der Waals surface area (Å²) in [5.41, 5.74) is 2.41. The van der Waals surface area contributed by atoms with Crippen LogP contribution >= 0.6 is 0 Å². The Morgan fingerprint density at radius 1 is 1.18 bits per heavy atom. The van der Waals surface area contributed by atoms with Crippen molar-refractivity contribution in [2.75, 3.05) is 7.11 Å². The zero-order chi connectivity index (χ0) is 16.7. The Balaban J connectivity index is 2.71. The molecule has 0 bridgehead atoms.